The Balaban J connectivity index is 2.40. The maximum Gasteiger partial charge on any atom is 0.206 e. The Morgan fingerprint density at radius 2 is 1.00 bits per heavy atom. The molecule has 1 saturated carbocycles. The predicted molar refractivity (Wildman–Crippen MR) is 51.0 cm³/mol. The molecule has 0 unspecified atom stereocenters. The lowest BCUT2D eigenvalue weighted by molar-refractivity contribution is -0.141. The van der Waals surface area contributed by atoms with Crippen molar-refractivity contribution in [3.63, 3.8) is 0 Å². The van der Waals surface area contributed by atoms with Crippen molar-refractivity contribution < 1.29 is 27.2 Å². The molecule has 3 aliphatic rings. The standard InChI is InChI=1S/C12H6F4O2/c13-7-5-3-1-2-4(12(18)11(3)17)6(5)8(14)10(16)9(7)15/h3-4H,1-2H2/t3-,4-/m0/s1. The first kappa shape index (κ1) is 11.4. The summed E-state index contributed by atoms with van der Waals surface area (Å²) in [4.78, 5) is 23.1. The zero-order valence-electron chi connectivity index (χ0n) is 8.90. The number of fused-ring (bicyclic) bond motifs is 2. The molecule has 1 aromatic carbocycles. The summed E-state index contributed by atoms with van der Waals surface area (Å²) in [6.07, 6.45) is 0.313. The van der Waals surface area contributed by atoms with Crippen LogP contribution in [-0.2, 0) is 9.59 Å². The van der Waals surface area contributed by atoms with Gasteiger partial charge in [-0.2, -0.15) is 0 Å². The highest BCUT2D eigenvalue weighted by atomic mass is 19.2. The van der Waals surface area contributed by atoms with Gasteiger partial charge in [0.15, 0.2) is 23.3 Å². The molecule has 0 spiro atoms. The zero-order valence-corrected chi connectivity index (χ0v) is 8.90. The van der Waals surface area contributed by atoms with E-state index < -0.39 is 57.8 Å². The van der Waals surface area contributed by atoms with E-state index in [1.54, 1.807) is 0 Å². The van der Waals surface area contributed by atoms with Crippen LogP contribution in [0.4, 0.5) is 17.6 Å². The first-order chi connectivity index (χ1) is 8.45. The number of halogens is 4. The van der Waals surface area contributed by atoms with Crippen LogP contribution in [0.1, 0.15) is 35.8 Å². The average Bonchev–Trinajstić information content (AvgIpc) is 2.38. The third kappa shape index (κ3) is 1.13. The second-order valence-electron chi connectivity index (χ2n) is 4.49. The van der Waals surface area contributed by atoms with Crippen molar-refractivity contribution >= 4 is 11.6 Å². The SMILES string of the molecule is O=C1C(=O)[C@H]2CC[C@H]1c1c(F)c(F)c(F)c(F)c12. The lowest BCUT2D eigenvalue weighted by atomic mass is 9.65. The Bertz CT molecular complexity index is 556. The molecule has 0 saturated heterocycles. The van der Waals surface area contributed by atoms with E-state index in [4.69, 9.17) is 0 Å². The minimum absolute atomic E-state index is 0.156. The minimum Gasteiger partial charge on any atom is -0.290 e. The maximum absolute atomic E-state index is 13.6. The van der Waals surface area contributed by atoms with Crippen molar-refractivity contribution in [1.82, 2.24) is 0 Å². The molecule has 0 N–H and O–H groups in total. The third-order valence-electron chi connectivity index (χ3n) is 3.66. The van der Waals surface area contributed by atoms with E-state index in [2.05, 4.69) is 0 Å². The van der Waals surface area contributed by atoms with Gasteiger partial charge in [-0.25, -0.2) is 17.6 Å². The second kappa shape index (κ2) is 3.40. The van der Waals surface area contributed by atoms with E-state index in [0.29, 0.717) is 0 Å². The molecule has 1 aromatic rings. The summed E-state index contributed by atoms with van der Waals surface area (Å²) in [7, 11) is 0. The Labute approximate surface area is 98.6 Å². The molecule has 1 fully saturated rings. The number of benzene rings is 1. The number of carbonyl (C=O) groups excluding carboxylic acids is 2. The minimum atomic E-state index is -1.93. The first-order valence-corrected chi connectivity index (χ1v) is 5.39. The molecule has 0 amide bonds. The number of rotatable bonds is 0. The third-order valence-corrected chi connectivity index (χ3v) is 3.66. The molecule has 94 valence electrons. The van der Waals surface area contributed by atoms with Gasteiger partial charge in [-0.3, -0.25) is 9.59 Å². The molecular formula is C12H6F4O2. The Kier molecular flexibility index (Phi) is 2.15. The number of hydrogen-bond acceptors (Lipinski definition) is 2. The highest BCUT2D eigenvalue weighted by Crippen LogP contribution is 2.48. The number of ketones is 2. The number of hydrogen-bond donors (Lipinski definition) is 0. The van der Waals surface area contributed by atoms with E-state index in [9.17, 15) is 27.2 Å². The molecule has 3 aliphatic carbocycles. The molecular weight excluding hydrogens is 252 g/mol. The molecule has 0 radical (unpaired) electrons. The monoisotopic (exact) mass is 258 g/mol. The van der Waals surface area contributed by atoms with Gasteiger partial charge >= 0.3 is 0 Å². The first-order valence-electron chi connectivity index (χ1n) is 5.39. The number of Topliss-reactive ketones (excluding diaryl/α,β-unsaturated/α-hetero) is 2. The Morgan fingerprint density at radius 3 is 1.33 bits per heavy atom. The summed E-state index contributed by atoms with van der Waals surface area (Å²) < 4.78 is 53.6. The van der Waals surface area contributed by atoms with Gasteiger partial charge in [-0.05, 0) is 12.8 Å². The topological polar surface area (TPSA) is 34.1 Å². The van der Waals surface area contributed by atoms with E-state index in [0.717, 1.165) is 0 Å². The fourth-order valence-electron chi connectivity index (χ4n) is 2.84. The van der Waals surface area contributed by atoms with Gasteiger partial charge in [0.1, 0.15) is 0 Å². The quantitative estimate of drug-likeness (QED) is 0.310. The van der Waals surface area contributed by atoms with Crippen LogP contribution in [0.5, 0.6) is 0 Å². The van der Waals surface area contributed by atoms with Crippen LogP contribution >= 0.6 is 0 Å². The maximum atomic E-state index is 13.6. The van der Waals surface area contributed by atoms with Gasteiger partial charge in [0.25, 0.3) is 0 Å². The molecule has 4 rings (SSSR count). The highest BCUT2D eigenvalue weighted by molar-refractivity contribution is 6.43. The molecule has 0 aliphatic heterocycles. The predicted octanol–water partition coefficient (Wildman–Crippen LogP) is 2.36. The van der Waals surface area contributed by atoms with Crippen molar-refractivity contribution in [2.45, 2.75) is 24.7 Å². The summed E-state index contributed by atoms with van der Waals surface area (Å²) in [5.74, 6) is -11.0. The normalized spacial score (nSPS) is 25.6. The van der Waals surface area contributed by atoms with Gasteiger partial charge in [0, 0.05) is 11.1 Å². The van der Waals surface area contributed by atoms with Crippen LogP contribution in [0.25, 0.3) is 0 Å². The van der Waals surface area contributed by atoms with Gasteiger partial charge in [-0.1, -0.05) is 0 Å². The van der Waals surface area contributed by atoms with Crippen molar-refractivity contribution in [3.05, 3.63) is 34.4 Å². The highest BCUT2D eigenvalue weighted by Gasteiger charge is 2.49. The van der Waals surface area contributed by atoms with Crippen molar-refractivity contribution in [1.29, 1.82) is 0 Å². The van der Waals surface area contributed by atoms with Gasteiger partial charge in [0.2, 0.25) is 11.6 Å². The Morgan fingerprint density at radius 1 is 0.667 bits per heavy atom. The fraction of sp³-hybridized carbons (Fsp3) is 0.333. The van der Waals surface area contributed by atoms with Crippen molar-refractivity contribution in [2.75, 3.05) is 0 Å². The smallest absolute Gasteiger partial charge is 0.206 e. The number of carbonyl (C=O) groups is 2. The largest absolute Gasteiger partial charge is 0.290 e. The second-order valence-corrected chi connectivity index (χ2v) is 4.49. The molecule has 0 aromatic heterocycles. The molecule has 2 nitrogen and oxygen atoms in total. The lowest BCUT2D eigenvalue weighted by Gasteiger charge is -2.36. The molecule has 18 heavy (non-hydrogen) atoms. The average molecular weight is 258 g/mol. The fourth-order valence-corrected chi connectivity index (χ4v) is 2.84. The van der Waals surface area contributed by atoms with Crippen LogP contribution in [0.15, 0.2) is 0 Å². The summed E-state index contributed by atoms with van der Waals surface area (Å²) in [6.45, 7) is 0. The molecule has 0 heterocycles. The summed E-state index contributed by atoms with van der Waals surface area (Å²) in [5, 5.41) is 0. The van der Waals surface area contributed by atoms with Crippen LogP contribution in [0.3, 0.4) is 0 Å². The van der Waals surface area contributed by atoms with Gasteiger partial charge in [-0.15, -0.1) is 0 Å². The summed E-state index contributed by atoms with van der Waals surface area (Å²) in [6, 6.07) is 0. The Hall–Kier alpha value is -1.72. The van der Waals surface area contributed by atoms with Crippen LogP contribution in [-0.4, -0.2) is 11.6 Å². The van der Waals surface area contributed by atoms with Crippen LogP contribution in [0, 0.1) is 23.3 Å². The lowest BCUT2D eigenvalue weighted by Crippen LogP contribution is -2.41. The summed E-state index contributed by atoms with van der Waals surface area (Å²) in [5.41, 5.74) is -0.959. The van der Waals surface area contributed by atoms with Crippen molar-refractivity contribution in [3.8, 4) is 0 Å². The van der Waals surface area contributed by atoms with E-state index in [1.807, 2.05) is 0 Å². The van der Waals surface area contributed by atoms with Crippen LogP contribution in [0.2, 0.25) is 0 Å². The molecule has 6 heteroatoms. The zero-order chi connectivity index (χ0) is 13.2. The van der Waals surface area contributed by atoms with Gasteiger partial charge in [0.05, 0.1) is 11.8 Å². The van der Waals surface area contributed by atoms with Crippen molar-refractivity contribution in [2.24, 2.45) is 0 Å². The van der Waals surface area contributed by atoms with E-state index in [1.165, 1.54) is 0 Å². The van der Waals surface area contributed by atoms with E-state index >= 15 is 0 Å². The molecule has 2 bridgehead atoms. The van der Waals surface area contributed by atoms with Gasteiger partial charge < -0.3 is 0 Å². The van der Waals surface area contributed by atoms with Crippen LogP contribution < -0.4 is 0 Å². The van der Waals surface area contributed by atoms with E-state index in [-0.39, 0.29) is 12.8 Å². The summed E-state index contributed by atoms with van der Waals surface area (Å²) >= 11 is 0. The molecule has 2 atom stereocenters.